The fourth-order valence-corrected chi connectivity index (χ4v) is 4.37. The van der Waals surface area contributed by atoms with Crippen LogP contribution in [0.15, 0.2) is 4.99 Å². The Bertz CT molecular complexity index is 526. The number of hydrogen-bond donors (Lipinski definition) is 1. The van der Waals surface area contributed by atoms with E-state index in [0.717, 1.165) is 24.6 Å². The summed E-state index contributed by atoms with van der Waals surface area (Å²) in [4.78, 5) is 32.8. The quantitative estimate of drug-likeness (QED) is 0.584. The first-order valence-corrected chi connectivity index (χ1v) is 11.0. The second-order valence-corrected chi connectivity index (χ2v) is 8.73. The van der Waals surface area contributed by atoms with Gasteiger partial charge in [0, 0.05) is 18.8 Å². The summed E-state index contributed by atoms with van der Waals surface area (Å²) in [6, 6.07) is -0.741. The largest absolute Gasteiger partial charge is 0.336 e. The number of aliphatic imine (C=N–C) groups is 1. The van der Waals surface area contributed by atoms with Crippen LogP contribution in [-0.2, 0) is 4.79 Å². The van der Waals surface area contributed by atoms with Gasteiger partial charge < -0.3 is 9.80 Å². The molecule has 0 saturated carbocycles. The molecule has 7 heteroatoms. The third-order valence-corrected chi connectivity index (χ3v) is 6.49. The standard InChI is InChI=1S/C19H34N4O2S/c1-5-7-8-9-10-11-12-13-23-15-16(20-19(23)26-14(3)6-2)22(4)18(25)21-17(15)24/h14-16H,5-13H2,1-4H3,(H,21,24,25). The Labute approximate surface area is 162 Å². The van der Waals surface area contributed by atoms with Crippen molar-refractivity contribution in [3.05, 3.63) is 0 Å². The zero-order valence-corrected chi connectivity index (χ0v) is 17.5. The molecule has 1 fully saturated rings. The molecule has 0 bridgehead atoms. The van der Waals surface area contributed by atoms with E-state index < -0.39 is 6.17 Å². The molecule has 0 aromatic carbocycles. The van der Waals surface area contributed by atoms with Crippen LogP contribution in [0.25, 0.3) is 0 Å². The van der Waals surface area contributed by atoms with Crippen LogP contribution in [0.5, 0.6) is 0 Å². The van der Waals surface area contributed by atoms with Gasteiger partial charge in [0.15, 0.2) is 17.4 Å². The van der Waals surface area contributed by atoms with Crippen LogP contribution in [0.4, 0.5) is 4.79 Å². The Morgan fingerprint density at radius 1 is 1.12 bits per heavy atom. The number of fused-ring (bicyclic) bond motifs is 1. The zero-order valence-electron chi connectivity index (χ0n) is 16.7. The minimum absolute atomic E-state index is 0.218. The molecule has 1 N–H and O–H groups in total. The molecule has 0 radical (unpaired) electrons. The van der Waals surface area contributed by atoms with E-state index in [4.69, 9.17) is 4.99 Å². The molecule has 0 aliphatic carbocycles. The average molecular weight is 383 g/mol. The van der Waals surface area contributed by atoms with Gasteiger partial charge >= 0.3 is 6.03 Å². The van der Waals surface area contributed by atoms with Crippen LogP contribution < -0.4 is 5.32 Å². The second kappa shape index (κ2) is 10.2. The monoisotopic (exact) mass is 382 g/mol. The van der Waals surface area contributed by atoms with Crippen LogP contribution in [0, 0.1) is 0 Å². The van der Waals surface area contributed by atoms with Gasteiger partial charge in [-0.1, -0.05) is 71.1 Å². The van der Waals surface area contributed by atoms with Crippen molar-refractivity contribution in [3.63, 3.8) is 0 Å². The summed E-state index contributed by atoms with van der Waals surface area (Å²) in [6.07, 6.45) is 9.33. The summed E-state index contributed by atoms with van der Waals surface area (Å²) in [5.41, 5.74) is 0. The fourth-order valence-electron chi connectivity index (χ4n) is 3.34. The molecule has 2 heterocycles. The van der Waals surface area contributed by atoms with Crippen molar-refractivity contribution in [2.45, 2.75) is 89.6 Å². The normalized spacial score (nSPS) is 23.8. The highest BCUT2D eigenvalue weighted by molar-refractivity contribution is 8.14. The molecule has 26 heavy (non-hydrogen) atoms. The van der Waals surface area contributed by atoms with Crippen LogP contribution in [0.2, 0.25) is 0 Å². The highest BCUT2D eigenvalue weighted by atomic mass is 32.2. The number of carbonyl (C=O) groups excluding carboxylic acids is 2. The van der Waals surface area contributed by atoms with E-state index in [1.807, 2.05) is 0 Å². The Morgan fingerprint density at radius 2 is 1.77 bits per heavy atom. The minimum Gasteiger partial charge on any atom is -0.336 e. The number of amidine groups is 1. The molecule has 6 nitrogen and oxygen atoms in total. The lowest BCUT2D eigenvalue weighted by atomic mass is 10.1. The van der Waals surface area contributed by atoms with Gasteiger partial charge in [0.25, 0.3) is 5.91 Å². The van der Waals surface area contributed by atoms with Gasteiger partial charge in [-0.05, 0) is 12.8 Å². The van der Waals surface area contributed by atoms with Crippen molar-refractivity contribution in [1.29, 1.82) is 0 Å². The predicted octanol–water partition coefficient (Wildman–Crippen LogP) is 3.82. The lowest BCUT2D eigenvalue weighted by Crippen LogP contribution is -2.63. The zero-order chi connectivity index (χ0) is 19.1. The van der Waals surface area contributed by atoms with Crippen LogP contribution in [0.3, 0.4) is 0 Å². The molecule has 3 unspecified atom stereocenters. The van der Waals surface area contributed by atoms with Crippen LogP contribution in [0.1, 0.15) is 72.1 Å². The number of nitrogens with zero attached hydrogens (tertiary/aromatic N) is 3. The summed E-state index contributed by atoms with van der Waals surface area (Å²) in [5, 5.41) is 3.82. The highest BCUT2D eigenvalue weighted by Crippen LogP contribution is 2.31. The lowest BCUT2D eigenvalue weighted by molar-refractivity contribution is -0.127. The highest BCUT2D eigenvalue weighted by Gasteiger charge is 2.48. The molecule has 0 aromatic rings. The summed E-state index contributed by atoms with van der Waals surface area (Å²) in [6.45, 7) is 7.39. The van der Waals surface area contributed by atoms with E-state index in [1.54, 1.807) is 23.7 Å². The van der Waals surface area contributed by atoms with Crippen molar-refractivity contribution in [2.75, 3.05) is 13.6 Å². The maximum absolute atomic E-state index is 12.5. The molecule has 2 aliphatic rings. The van der Waals surface area contributed by atoms with E-state index in [1.165, 1.54) is 38.5 Å². The number of likely N-dealkylation sites (N-methyl/N-ethyl adjacent to an activating group) is 1. The maximum Gasteiger partial charge on any atom is 0.325 e. The molecule has 2 aliphatic heterocycles. The molecule has 2 rings (SSSR count). The van der Waals surface area contributed by atoms with Crippen molar-refractivity contribution < 1.29 is 9.59 Å². The minimum atomic E-state index is -0.396. The maximum atomic E-state index is 12.5. The van der Waals surface area contributed by atoms with Crippen molar-refractivity contribution in [3.8, 4) is 0 Å². The number of hydrogen-bond acceptors (Lipinski definition) is 5. The molecular formula is C19H34N4O2S. The molecule has 148 valence electrons. The van der Waals surface area contributed by atoms with Gasteiger partial charge in [-0.2, -0.15) is 0 Å². The summed E-state index contributed by atoms with van der Waals surface area (Å²) >= 11 is 1.72. The summed E-state index contributed by atoms with van der Waals surface area (Å²) in [5.74, 6) is -0.218. The SMILES string of the molecule is CCCCCCCCCN1C(SC(C)CC)=NC2C1C(=O)NC(=O)N2C. The fraction of sp³-hybridized carbons (Fsp3) is 0.842. The van der Waals surface area contributed by atoms with Gasteiger partial charge in [-0.25, -0.2) is 9.79 Å². The van der Waals surface area contributed by atoms with E-state index >= 15 is 0 Å². The molecule has 0 aromatic heterocycles. The third-order valence-electron chi connectivity index (χ3n) is 5.21. The molecule has 3 atom stereocenters. The van der Waals surface area contributed by atoms with Gasteiger partial charge in [0.2, 0.25) is 0 Å². The first-order valence-electron chi connectivity index (χ1n) is 10.1. The first-order chi connectivity index (χ1) is 12.5. The third kappa shape index (κ3) is 5.15. The van der Waals surface area contributed by atoms with Gasteiger partial charge in [-0.3, -0.25) is 10.1 Å². The first kappa shape index (κ1) is 21.1. The summed E-state index contributed by atoms with van der Waals surface area (Å²) < 4.78 is 0. The summed E-state index contributed by atoms with van der Waals surface area (Å²) in [7, 11) is 1.71. The molecule has 3 amide bonds. The number of nitrogens with one attached hydrogen (secondary N) is 1. The Hall–Kier alpha value is -1.24. The van der Waals surface area contributed by atoms with Crippen LogP contribution >= 0.6 is 11.8 Å². The molecule has 0 spiro atoms. The van der Waals surface area contributed by atoms with Crippen molar-refractivity contribution in [1.82, 2.24) is 15.1 Å². The van der Waals surface area contributed by atoms with E-state index in [-0.39, 0.29) is 18.0 Å². The van der Waals surface area contributed by atoms with E-state index in [0.29, 0.717) is 5.25 Å². The van der Waals surface area contributed by atoms with Crippen molar-refractivity contribution in [2.24, 2.45) is 4.99 Å². The molecule has 1 saturated heterocycles. The number of unbranched alkanes of at least 4 members (excludes halogenated alkanes) is 6. The van der Waals surface area contributed by atoms with Gasteiger partial charge in [0.1, 0.15) is 0 Å². The Balaban J connectivity index is 1.97. The number of thioether (sulfide) groups is 1. The average Bonchev–Trinajstić information content (AvgIpc) is 2.97. The second-order valence-electron chi connectivity index (χ2n) is 7.33. The Kier molecular flexibility index (Phi) is 8.25. The number of amides is 3. The van der Waals surface area contributed by atoms with E-state index in [9.17, 15) is 9.59 Å². The van der Waals surface area contributed by atoms with E-state index in [2.05, 4.69) is 31.0 Å². The van der Waals surface area contributed by atoms with Gasteiger partial charge in [0.05, 0.1) is 0 Å². The van der Waals surface area contributed by atoms with Crippen LogP contribution in [-0.4, -0.2) is 58.0 Å². The van der Waals surface area contributed by atoms with Gasteiger partial charge in [-0.15, -0.1) is 0 Å². The molecular weight excluding hydrogens is 348 g/mol. The topological polar surface area (TPSA) is 65.0 Å². The Morgan fingerprint density at radius 3 is 2.42 bits per heavy atom. The number of rotatable bonds is 10. The lowest BCUT2D eigenvalue weighted by Gasteiger charge is -2.36. The predicted molar refractivity (Wildman–Crippen MR) is 108 cm³/mol. The number of carbonyl (C=O) groups is 2. The smallest absolute Gasteiger partial charge is 0.325 e. The number of imide groups is 1. The van der Waals surface area contributed by atoms with Crippen molar-refractivity contribution >= 4 is 28.9 Å². The number of urea groups is 1.